The summed E-state index contributed by atoms with van der Waals surface area (Å²) in [6.07, 6.45) is 2.23. The van der Waals surface area contributed by atoms with E-state index in [2.05, 4.69) is 0 Å². The van der Waals surface area contributed by atoms with Crippen molar-refractivity contribution < 1.29 is 14.6 Å². The number of ether oxygens (including phenoxy) is 1. The number of hydrogen-bond acceptors (Lipinski definition) is 4. The van der Waals surface area contributed by atoms with E-state index < -0.39 is 0 Å². The van der Waals surface area contributed by atoms with Crippen LogP contribution in [0.15, 0.2) is 0 Å². The van der Waals surface area contributed by atoms with E-state index in [1.165, 1.54) is 24.3 Å². The van der Waals surface area contributed by atoms with Crippen molar-refractivity contribution in [3.63, 3.8) is 0 Å². The molecule has 1 unspecified atom stereocenters. The highest BCUT2D eigenvalue weighted by atomic mass is 32.2. The van der Waals surface area contributed by atoms with Gasteiger partial charge in [-0.05, 0) is 30.3 Å². The van der Waals surface area contributed by atoms with E-state index in [-0.39, 0.29) is 25.2 Å². The van der Waals surface area contributed by atoms with Gasteiger partial charge in [0, 0.05) is 13.1 Å². The summed E-state index contributed by atoms with van der Waals surface area (Å²) >= 11 is 2.00. The SMILES string of the molecule is O=C1COC(CO)CN1CC1CCSCC1. The molecule has 92 valence electrons. The molecule has 1 amide bonds. The zero-order chi connectivity index (χ0) is 11.4. The van der Waals surface area contributed by atoms with E-state index in [9.17, 15) is 4.79 Å². The van der Waals surface area contributed by atoms with Gasteiger partial charge < -0.3 is 14.7 Å². The van der Waals surface area contributed by atoms with Gasteiger partial charge >= 0.3 is 0 Å². The molecule has 0 saturated carbocycles. The molecule has 0 aromatic carbocycles. The number of amides is 1. The lowest BCUT2D eigenvalue weighted by molar-refractivity contribution is -0.152. The van der Waals surface area contributed by atoms with Crippen molar-refractivity contribution in [1.29, 1.82) is 0 Å². The monoisotopic (exact) mass is 245 g/mol. The van der Waals surface area contributed by atoms with Crippen molar-refractivity contribution in [3.8, 4) is 0 Å². The molecule has 2 rings (SSSR count). The summed E-state index contributed by atoms with van der Waals surface area (Å²) in [5.74, 6) is 3.14. The van der Waals surface area contributed by atoms with Gasteiger partial charge in [-0.25, -0.2) is 0 Å². The average Bonchev–Trinajstić information content (AvgIpc) is 2.33. The van der Waals surface area contributed by atoms with Crippen molar-refractivity contribution in [1.82, 2.24) is 4.90 Å². The summed E-state index contributed by atoms with van der Waals surface area (Å²) in [6, 6.07) is 0. The summed E-state index contributed by atoms with van der Waals surface area (Å²) in [6.45, 7) is 1.54. The molecule has 0 spiro atoms. The molecule has 5 heteroatoms. The van der Waals surface area contributed by atoms with Crippen LogP contribution >= 0.6 is 11.8 Å². The van der Waals surface area contributed by atoms with Gasteiger partial charge in [-0.3, -0.25) is 4.79 Å². The molecule has 2 aliphatic heterocycles. The number of nitrogens with zero attached hydrogens (tertiary/aromatic N) is 1. The Morgan fingerprint density at radius 1 is 1.44 bits per heavy atom. The van der Waals surface area contributed by atoms with E-state index in [0.717, 1.165) is 6.54 Å². The molecule has 2 fully saturated rings. The van der Waals surface area contributed by atoms with Crippen molar-refractivity contribution in [2.75, 3.05) is 37.8 Å². The van der Waals surface area contributed by atoms with E-state index in [0.29, 0.717) is 12.5 Å². The predicted molar refractivity (Wildman–Crippen MR) is 63.5 cm³/mol. The molecule has 2 aliphatic rings. The highest BCUT2D eigenvalue weighted by Gasteiger charge is 2.28. The van der Waals surface area contributed by atoms with E-state index >= 15 is 0 Å². The van der Waals surface area contributed by atoms with Crippen LogP contribution in [0.2, 0.25) is 0 Å². The summed E-state index contributed by atoms with van der Waals surface area (Å²) in [5, 5.41) is 9.03. The largest absolute Gasteiger partial charge is 0.394 e. The summed E-state index contributed by atoms with van der Waals surface area (Å²) in [5.41, 5.74) is 0. The maximum Gasteiger partial charge on any atom is 0.248 e. The van der Waals surface area contributed by atoms with Gasteiger partial charge in [0.15, 0.2) is 0 Å². The van der Waals surface area contributed by atoms with Gasteiger partial charge in [0.05, 0.1) is 12.7 Å². The maximum atomic E-state index is 11.6. The Kier molecular flexibility index (Phi) is 4.49. The number of hydrogen-bond donors (Lipinski definition) is 1. The smallest absolute Gasteiger partial charge is 0.248 e. The minimum Gasteiger partial charge on any atom is -0.394 e. The highest BCUT2D eigenvalue weighted by Crippen LogP contribution is 2.24. The third-order valence-corrected chi connectivity index (χ3v) is 4.29. The summed E-state index contributed by atoms with van der Waals surface area (Å²) in [4.78, 5) is 13.5. The van der Waals surface area contributed by atoms with Crippen LogP contribution < -0.4 is 0 Å². The lowest BCUT2D eigenvalue weighted by Crippen LogP contribution is -2.49. The highest BCUT2D eigenvalue weighted by molar-refractivity contribution is 7.99. The standard InChI is InChI=1S/C11H19NO3S/c13-7-10-6-12(11(14)8-15-10)5-9-1-3-16-4-2-9/h9-10,13H,1-8H2. The second kappa shape index (κ2) is 5.89. The predicted octanol–water partition coefficient (Wildman–Crippen LogP) is 0.349. The molecule has 2 saturated heterocycles. The topological polar surface area (TPSA) is 49.8 Å². The van der Waals surface area contributed by atoms with Crippen LogP contribution in [0.25, 0.3) is 0 Å². The first-order valence-corrected chi connectivity index (χ1v) is 7.03. The fraction of sp³-hybridized carbons (Fsp3) is 0.909. The third kappa shape index (κ3) is 3.12. The zero-order valence-corrected chi connectivity index (χ0v) is 10.2. The quantitative estimate of drug-likeness (QED) is 0.779. The Labute approximate surface area is 100 Å². The molecular weight excluding hydrogens is 226 g/mol. The van der Waals surface area contributed by atoms with Crippen molar-refractivity contribution >= 4 is 17.7 Å². The van der Waals surface area contributed by atoms with Gasteiger partial charge in [-0.1, -0.05) is 0 Å². The van der Waals surface area contributed by atoms with Crippen molar-refractivity contribution in [2.45, 2.75) is 18.9 Å². The van der Waals surface area contributed by atoms with Gasteiger partial charge in [0.1, 0.15) is 6.61 Å². The molecule has 1 N–H and O–H groups in total. The van der Waals surface area contributed by atoms with Crippen molar-refractivity contribution in [2.24, 2.45) is 5.92 Å². The van der Waals surface area contributed by atoms with E-state index in [4.69, 9.17) is 9.84 Å². The second-order valence-corrected chi connectivity index (χ2v) is 5.69. The third-order valence-electron chi connectivity index (χ3n) is 3.24. The fourth-order valence-corrected chi connectivity index (χ4v) is 3.41. The van der Waals surface area contributed by atoms with Gasteiger partial charge in [-0.2, -0.15) is 11.8 Å². The number of thioether (sulfide) groups is 1. The number of morpholine rings is 1. The summed E-state index contributed by atoms with van der Waals surface area (Å²) < 4.78 is 5.21. The number of rotatable bonds is 3. The number of aliphatic hydroxyl groups is 1. The normalized spacial score (nSPS) is 28.4. The molecule has 0 radical (unpaired) electrons. The number of carbonyl (C=O) groups excluding carboxylic acids is 1. The van der Waals surface area contributed by atoms with Crippen LogP contribution in [0, 0.1) is 5.92 Å². The van der Waals surface area contributed by atoms with Gasteiger partial charge in [-0.15, -0.1) is 0 Å². The summed E-state index contributed by atoms with van der Waals surface area (Å²) in [7, 11) is 0. The van der Waals surface area contributed by atoms with Crippen molar-refractivity contribution in [3.05, 3.63) is 0 Å². The molecule has 4 nitrogen and oxygen atoms in total. The second-order valence-electron chi connectivity index (χ2n) is 4.47. The van der Waals surface area contributed by atoms with Gasteiger partial charge in [0.2, 0.25) is 5.91 Å². The molecular formula is C11H19NO3S. The average molecular weight is 245 g/mol. The molecule has 0 aromatic rings. The zero-order valence-electron chi connectivity index (χ0n) is 9.43. The van der Waals surface area contributed by atoms with Crippen LogP contribution in [0.4, 0.5) is 0 Å². The first-order chi connectivity index (χ1) is 7.79. The van der Waals surface area contributed by atoms with Gasteiger partial charge in [0.25, 0.3) is 0 Å². The minimum atomic E-state index is -0.185. The first-order valence-electron chi connectivity index (χ1n) is 5.87. The molecule has 0 aromatic heterocycles. The lowest BCUT2D eigenvalue weighted by Gasteiger charge is -2.35. The van der Waals surface area contributed by atoms with Crippen LogP contribution in [0.1, 0.15) is 12.8 Å². The van der Waals surface area contributed by atoms with E-state index in [1.807, 2.05) is 16.7 Å². The minimum absolute atomic E-state index is 0.00426. The number of carbonyl (C=O) groups is 1. The van der Waals surface area contributed by atoms with E-state index in [1.54, 1.807) is 0 Å². The Morgan fingerprint density at radius 2 is 2.19 bits per heavy atom. The lowest BCUT2D eigenvalue weighted by atomic mass is 10.0. The molecule has 0 bridgehead atoms. The molecule has 2 heterocycles. The molecule has 16 heavy (non-hydrogen) atoms. The first kappa shape index (κ1) is 12.2. The molecule has 1 atom stereocenters. The van der Waals surface area contributed by atoms with Crippen LogP contribution in [-0.4, -0.2) is 59.8 Å². The fourth-order valence-electron chi connectivity index (χ4n) is 2.21. The van der Waals surface area contributed by atoms with Crippen LogP contribution in [0.3, 0.4) is 0 Å². The molecule has 0 aliphatic carbocycles. The maximum absolute atomic E-state index is 11.6. The Balaban J connectivity index is 1.83. The Morgan fingerprint density at radius 3 is 2.88 bits per heavy atom. The Bertz CT molecular complexity index is 243. The Hall–Kier alpha value is -0.260. The van der Waals surface area contributed by atoms with Crippen LogP contribution in [-0.2, 0) is 9.53 Å². The number of aliphatic hydroxyl groups excluding tert-OH is 1. The van der Waals surface area contributed by atoms with Crippen LogP contribution in [0.5, 0.6) is 0 Å².